The molecule has 2 N–H and O–H groups in total. The number of benzene rings is 2. The maximum absolute atomic E-state index is 9.33. The van der Waals surface area contributed by atoms with Gasteiger partial charge in [0.2, 0.25) is 0 Å². The summed E-state index contributed by atoms with van der Waals surface area (Å²) in [7, 11) is 0. The van der Waals surface area contributed by atoms with Crippen molar-refractivity contribution in [3.8, 4) is 17.1 Å². The molecule has 3 aromatic rings. The number of hydrogen-bond acceptors (Lipinski definition) is 4. The molecule has 0 unspecified atom stereocenters. The van der Waals surface area contributed by atoms with Crippen LogP contribution in [0, 0.1) is 6.92 Å². The molecule has 0 amide bonds. The molecule has 1 aromatic heterocycles. The molecule has 0 bridgehead atoms. The Kier molecular flexibility index (Phi) is 2.91. The van der Waals surface area contributed by atoms with E-state index in [1.807, 2.05) is 25.1 Å². The minimum Gasteiger partial charge on any atom is -0.508 e. The van der Waals surface area contributed by atoms with Gasteiger partial charge in [-0.2, -0.15) is 0 Å². The van der Waals surface area contributed by atoms with E-state index in [-0.39, 0.29) is 5.75 Å². The van der Waals surface area contributed by atoms with Gasteiger partial charge in [-0.15, -0.1) is 0 Å². The quantitative estimate of drug-likeness (QED) is 0.524. The second-order valence-electron chi connectivity index (χ2n) is 4.59. The van der Waals surface area contributed by atoms with E-state index < -0.39 is 0 Å². The number of phenols is 1. The standard InChI is InChI=1S/C16H13NO3/c1-10-3-2-4-13-14(17-19)9-15(20-16(10)13)11-5-7-12(18)8-6-11/h2-9,18-19H,1H3. The topological polar surface area (TPSA) is 66.0 Å². The summed E-state index contributed by atoms with van der Waals surface area (Å²) >= 11 is 0. The van der Waals surface area contributed by atoms with Crippen molar-refractivity contribution in [2.45, 2.75) is 6.92 Å². The van der Waals surface area contributed by atoms with Crippen molar-refractivity contribution in [3.05, 3.63) is 59.5 Å². The van der Waals surface area contributed by atoms with Crippen molar-refractivity contribution >= 4 is 11.0 Å². The zero-order chi connectivity index (χ0) is 14.1. The first-order valence-electron chi connectivity index (χ1n) is 6.20. The lowest BCUT2D eigenvalue weighted by Gasteiger charge is -2.06. The zero-order valence-corrected chi connectivity index (χ0v) is 10.9. The van der Waals surface area contributed by atoms with Crippen LogP contribution in [0.15, 0.2) is 58.1 Å². The molecule has 0 spiro atoms. The maximum Gasteiger partial charge on any atom is 0.139 e. The predicted molar refractivity (Wildman–Crippen MR) is 75.4 cm³/mol. The van der Waals surface area contributed by atoms with Crippen LogP contribution >= 0.6 is 0 Å². The molecule has 0 fully saturated rings. The van der Waals surface area contributed by atoms with E-state index in [0.29, 0.717) is 16.7 Å². The van der Waals surface area contributed by atoms with Gasteiger partial charge in [-0.25, -0.2) is 0 Å². The van der Waals surface area contributed by atoms with Gasteiger partial charge in [-0.1, -0.05) is 17.3 Å². The first-order chi connectivity index (χ1) is 9.69. The van der Waals surface area contributed by atoms with Gasteiger partial charge >= 0.3 is 0 Å². The Labute approximate surface area is 115 Å². The molecule has 1 heterocycles. The second kappa shape index (κ2) is 4.74. The molecule has 0 radical (unpaired) electrons. The van der Waals surface area contributed by atoms with Gasteiger partial charge in [0.25, 0.3) is 0 Å². The number of para-hydroxylation sites is 1. The van der Waals surface area contributed by atoms with Crippen LogP contribution in [0.2, 0.25) is 0 Å². The van der Waals surface area contributed by atoms with E-state index in [1.54, 1.807) is 30.3 Å². The Morgan fingerprint density at radius 1 is 1.05 bits per heavy atom. The third kappa shape index (κ3) is 2.01. The van der Waals surface area contributed by atoms with E-state index in [0.717, 1.165) is 16.5 Å². The molecule has 0 aliphatic heterocycles. The number of nitrogens with zero attached hydrogens (tertiary/aromatic N) is 1. The van der Waals surface area contributed by atoms with Gasteiger partial charge in [0, 0.05) is 17.0 Å². The fourth-order valence-electron chi connectivity index (χ4n) is 2.18. The van der Waals surface area contributed by atoms with Crippen LogP contribution in [-0.4, -0.2) is 10.3 Å². The fourth-order valence-corrected chi connectivity index (χ4v) is 2.18. The molecule has 0 aliphatic carbocycles. The van der Waals surface area contributed by atoms with Crippen molar-refractivity contribution in [1.82, 2.24) is 0 Å². The largest absolute Gasteiger partial charge is 0.508 e. The number of aryl methyl sites for hydroxylation is 1. The summed E-state index contributed by atoms with van der Waals surface area (Å²) in [5, 5.41) is 23.1. The van der Waals surface area contributed by atoms with Crippen LogP contribution < -0.4 is 5.36 Å². The highest BCUT2D eigenvalue weighted by Crippen LogP contribution is 2.25. The first-order valence-corrected chi connectivity index (χ1v) is 6.20. The highest BCUT2D eigenvalue weighted by Gasteiger charge is 2.07. The van der Waals surface area contributed by atoms with Gasteiger partial charge in [0.1, 0.15) is 22.5 Å². The van der Waals surface area contributed by atoms with Gasteiger partial charge < -0.3 is 14.7 Å². The molecule has 0 saturated carbocycles. The van der Waals surface area contributed by atoms with Gasteiger partial charge in [0.05, 0.1) is 0 Å². The van der Waals surface area contributed by atoms with Crippen LogP contribution in [0.25, 0.3) is 22.3 Å². The van der Waals surface area contributed by atoms with Gasteiger partial charge in [0.15, 0.2) is 0 Å². The van der Waals surface area contributed by atoms with Crippen molar-refractivity contribution in [1.29, 1.82) is 0 Å². The van der Waals surface area contributed by atoms with Crippen LogP contribution in [0.4, 0.5) is 0 Å². The maximum atomic E-state index is 9.33. The number of rotatable bonds is 1. The van der Waals surface area contributed by atoms with E-state index >= 15 is 0 Å². The molecule has 4 heteroatoms. The van der Waals surface area contributed by atoms with E-state index in [9.17, 15) is 10.3 Å². The highest BCUT2D eigenvalue weighted by molar-refractivity contribution is 5.81. The summed E-state index contributed by atoms with van der Waals surface area (Å²) in [5.41, 5.74) is 2.46. The second-order valence-corrected chi connectivity index (χ2v) is 4.59. The molecular weight excluding hydrogens is 254 g/mol. The average Bonchev–Trinajstić information content (AvgIpc) is 2.47. The molecule has 20 heavy (non-hydrogen) atoms. The Morgan fingerprint density at radius 3 is 2.50 bits per heavy atom. The van der Waals surface area contributed by atoms with Gasteiger partial charge in [-0.3, -0.25) is 0 Å². The number of fused-ring (bicyclic) bond motifs is 1. The summed E-state index contributed by atoms with van der Waals surface area (Å²) < 4.78 is 5.91. The summed E-state index contributed by atoms with van der Waals surface area (Å²) in [4.78, 5) is 0. The van der Waals surface area contributed by atoms with Crippen LogP contribution in [0.1, 0.15) is 5.56 Å². The Balaban J connectivity index is 2.33. The smallest absolute Gasteiger partial charge is 0.139 e. The lowest BCUT2D eigenvalue weighted by Crippen LogP contribution is -2.03. The van der Waals surface area contributed by atoms with Crippen molar-refractivity contribution in [3.63, 3.8) is 0 Å². The molecule has 2 aromatic carbocycles. The third-order valence-electron chi connectivity index (χ3n) is 3.23. The molecule has 4 nitrogen and oxygen atoms in total. The summed E-state index contributed by atoms with van der Waals surface area (Å²) in [6.07, 6.45) is 0. The van der Waals surface area contributed by atoms with Crippen LogP contribution in [0.5, 0.6) is 5.75 Å². The predicted octanol–water partition coefficient (Wildman–Crippen LogP) is 3.40. The van der Waals surface area contributed by atoms with E-state index in [2.05, 4.69) is 5.16 Å². The Hall–Kier alpha value is -2.75. The lowest BCUT2D eigenvalue weighted by molar-refractivity contribution is 0.302. The lowest BCUT2D eigenvalue weighted by atomic mass is 10.1. The average molecular weight is 267 g/mol. The number of aromatic hydroxyl groups is 1. The van der Waals surface area contributed by atoms with E-state index in [1.165, 1.54) is 0 Å². The molecule has 0 saturated heterocycles. The summed E-state index contributed by atoms with van der Waals surface area (Å²) in [6, 6.07) is 14.0. The fraction of sp³-hybridized carbons (Fsp3) is 0.0625. The van der Waals surface area contributed by atoms with Crippen LogP contribution in [0.3, 0.4) is 0 Å². The SMILES string of the molecule is Cc1cccc2c(=NO)cc(-c3ccc(O)cc3)oc12. The molecule has 0 aliphatic rings. The van der Waals surface area contributed by atoms with Gasteiger partial charge in [-0.05, 0) is 42.8 Å². The molecule has 0 atom stereocenters. The summed E-state index contributed by atoms with van der Waals surface area (Å²) in [6.45, 7) is 1.94. The van der Waals surface area contributed by atoms with Crippen molar-refractivity contribution in [2.75, 3.05) is 0 Å². The van der Waals surface area contributed by atoms with Crippen molar-refractivity contribution < 1.29 is 14.7 Å². The number of phenolic OH excluding ortho intramolecular Hbond substituents is 1. The van der Waals surface area contributed by atoms with E-state index in [4.69, 9.17) is 4.42 Å². The highest BCUT2D eigenvalue weighted by atomic mass is 16.4. The molecular formula is C16H13NO3. The first kappa shape index (κ1) is 12.3. The third-order valence-corrected chi connectivity index (χ3v) is 3.23. The monoisotopic (exact) mass is 267 g/mol. The zero-order valence-electron chi connectivity index (χ0n) is 10.9. The summed E-state index contributed by atoms with van der Waals surface area (Å²) in [5.74, 6) is 0.775. The van der Waals surface area contributed by atoms with Crippen LogP contribution in [-0.2, 0) is 0 Å². The van der Waals surface area contributed by atoms with Crippen molar-refractivity contribution in [2.24, 2.45) is 5.16 Å². The Morgan fingerprint density at radius 2 is 1.80 bits per heavy atom. The minimum absolute atomic E-state index is 0.192. The molecule has 100 valence electrons. The Bertz CT molecular complexity index is 832. The minimum atomic E-state index is 0.192. The normalized spacial score (nSPS) is 11.9. The number of hydrogen-bond donors (Lipinski definition) is 2. The molecule has 3 rings (SSSR count).